The van der Waals surface area contributed by atoms with E-state index >= 15 is 4.39 Å². The SMILES string of the molecule is Cc1c(CC(=O)O)c2cc(Cl)ccc2n1C(=O)c1ccc(OC[C@@H]2CN(C)c3ccccc3O2)cc1F. The highest BCUT2D eigenvalue weighted by atomic mass is 35.5. The van der Waals surface area contributed by atoms with Gasteiger partial charge in [0.2, 0.25) is 0 Å². The van der Waals surface area contributed by atoms with E-state index in [0.29, 0.717) is 33.7 Å². The Labute approximate surface area is 217 Å². The number of anilines is 1. The fourth-order valence-corrected chi connectivity index (χ4v) is 4.91. The summed E-state index contributed by atoms with van der Waals surface area (Å²) in [4.78, 5) is 26.9. The first-order valence-electron chi connectivity index (χ1n) is 11.7. The van der Waals surface area contributed by atoms with Crippen LogP contribution < -0.4 is 14.4 Å². The second-order valence-electron chi connectivity index (χ2n) is 8.98. The first-order valence-corrected chi connectivity index (χ1v) is 12.1. The number of ether oxygens (including phenoxy) is 2. The molecule has 0 aliphatic carbocycles. The van der Waals surface area contributed by atoms with Crippen molar-refractivity contribution in [1.29, 1.82) is 0 Å². The van der Waals surface area contributed by atoms with Crippen LogP contribution in [-0.2, 0) is 11.2 Å². The molecule has 4 aromatic rings. The Morgan fingerprint density at radius 1 is 1.16 bits per heavy atom. The van der Waals surface area contributed by atoms with E-state index in [1.165, 1.54) is 22.8 Å². The average Bonchev–Trinajstić information content (AvgIpc) is 3.12. The van der Waals surface area contributed by atoms with Crippen LogP contribution in [0.3, 0.4) is 0 Å². The van der Waals surface area contributed by atoms with Crippen LogP contribution in [0.25, 0.3) is 10.9 Å². The predicted octanol–water partition coefficient (Wildman–Crippen LogP) is 5.33. The Hall–Kier alpha value is -4.04. The summed E-state index contributed by atoms with van der Waals surface area (Å²) >= 11 is 6.12. The lowest BCUT2D eigenvalue weighted by Gasteiger charge is -2.33. The number of hydrogen-bond donors (Lipinski definition) is 1. The maximum absolute atomic E-state index is 15.2. The quantitative estimate of drug-likeness (QED) is 0.368. The summed E-state index contributed by atoms with van der Waals surface area (Å²) in [5.74, 6) is -1.37. The molecule has 9 heteroatoms. The van der Waals surface area contributed by atoms with Crippen LogP contribution in [0.15, 0.2) is 60.7 Å². The topological polar surface area (TPSA) is 81.0 Å². The number of carbonyl (C=O) groups excluding carboxylic acids is 1. The molecule has 1 atom stereocenters. The number of aliphatic carboxylic acids is 1. The Bertz CT molecular complexity index is 1530. The summed E-state index contributed by atoms with van der Waals surface area (Å²) in [5.41, 5.74) is 2.17. The molecular weight excluding hydrogens is 499 g/mol. The molecule has 5 rings (SSSR count). The fourth-order valence-electron chi connectivity index (χ4n) is 4.74. The van der Waals surface area contributed by atoms with Gasteiger partial charge in [-0.2, -0.15) is 0 Å². The number of hydrogen-bond acceptors (Lipinski definition) is 5. The summed E-state index contributed by atoms with van der Waals surface area (Å²) < 4.78 is 28.3. The standard InChI is InChI=1S/C28H24ClFN2O5/c1-16-21(13-27(33)34)22-11-17(29)7-10-24(22)32(16)28(35)20-9-8-18(12-23(20)30)36-15-19-14-31(2)25-5-3-4-6-26(25)37-19/h3-12,19H,13-15H2,1-2H3,(H,33,34)/t19-/m0/s1. The molecule has 1 aliphatic rings. The normalized spacial score (nSPS) is 14.8. The van der Waals surface area contributed by atoms with Crippen LogP contribution in [0.1, 0.15) is 21.6 Å². The maximum Gasteiger partial charge on any atom is 0.307 e. The Kier molecular flexibility index (Phi) is 6.52. The molecule has 0 bridgehead atoms. The van der Waals surface area contributed by atoms with Gasteiger partial charge in [-0.3, -0.25) is 14.2 Å². The highest BCUT2D eigenvalue weighted by Crippen LogP contribution is 2.33. The number of carboxylic acids is 1. The van der Waals surface area contributed by atoms with Crippen molar-refractivity contribution in [3.63, 3.8) is 0 Å². The van der Waals surface area contributed by atoms with Gasteiger partial charge in [-0.15, -0.1) is 0 Å². The number of carbonyl (C=O) groups is 2. The van der Waals surface area contributed by atoms with E-state index in [2.05, 4.69) is 4.90 Å². The van der Waals surface area contributed by atoms with E-state index in [0.717, 1.165) is 11.4 Å². The molecule has 1 aromatic heterocycles. The van der Waals surface area contributed by atoms with E-state index in [1.807, 2.05) is 31.3 Å². The lowest BCUT2D eigenvalue weighted by Crippen LogP contribution is -2.41. The zero-order valence-electron chi connectivity index (χ0n) is 20.2. The Morgan fingerprint density at radius 2 is 1.95 bits per heavy atom. The largest absolute Gasteiger partial charge is 0.490 e. The van der Waals surface area contributed by atoms with Gasteiger partial charge < -0.3 is 19.5 Å². The Morgan fingerprint density at radius 3 is 2.70 bits per heavy atom. The molecule has 0 saturated heterocycles. The first kappa shape index (κ1) is 24.6. The third-order valence-corrected chi connectivity index (χ3v) is 6.72. The molecule has 0 fully saturated rings. The molecule has 0 amide bonds. The number of carboxylic acid groups (broad SMARTS) is 1. The minimum atomic E-state index is -1.04. The minimum absolute atomic E-state index is 0.160. The van der Waals surface area contributed by atoms with Gasteiger partial charge in [0.1, 0.15) is 30.0 Å². The van der Waals surface area contributed by atoms with Crippen molar-refractivity contribution in [1.82, 2.24) is 4.57 Å². The van der Waals surface area contributed by atoms with E-state index in [-0.39, 0.29) is 30.4 Å². The predicted molar refractivity (Wildman–Crippen MR) is 139 cm³/mol. The van der Waals surface area contributed by atoms with Crippen LogP contribution in [0.5, 0.6) is 11.5 Å². The molecule has 1 aliphatic heterocycles. The molecule has 2 heterocycles. The molecule has 3 aromatic carbocycles. The smallest absolute Gasteiger partial charge is 0.307 e. The molecule has 0 saturated carbocycles. The number of benzene rings is 3. The lowest BCUT2D eigenvalue weighted by atomic mass is 10.1. The summed E-state index contributed by atoms with van der Waals surface area (Å²) in [6.45, 7) is 2.45. The van der Waals surface area contributed by atoms with Gasteiger partial charge in [0.05, 0.1) is 29.7 Å². The van der Waals surface area contributed by atoms with Crippen LogP contribution in [0, 0.1) is 12.7 Å². The van der Waals surface area contributed by atoms with Gasteiger partial charge in [-0.05, 0) is 55.0 Å². The maximum atomic E-state index is 15.2. The molecule has 7 nitrogen and oxygen atoms in total. The van der Waals surface area contributed by atoms with E-state index in [9.17, 15) is 14.7 Å². The highest BCUT2D eigenvalue weighted by molar-refractivity contribution is 6.31. The molecule has 0 spiro atoms. The summed E-state index contributed by atoms with van der Waals surface area (Å²) in [7, 11) is 1.97. The van der Waals surface area contributed by atoms with Crippen molar-refractivity contribution < 1.29 is 28.6 Å². The lowest BCUT2D eigenvalue weighted by molar-refractivity contribution is -0.136. The second-order valence-corrected chi connectivity index (χ2v) is 9.41. The minimum Gasteiger partial charge on any atom is -0.490 e. The molecule has 37 heavy (non-hydrogen) atoms. The molecule has 1 N–H and O–H groups in total. The van der Waals surface area contributed by atoms with Crippen LogP contribution in [0.2, 0.25) is 5.02 Å². The fraction of sp³-hybridized carbons (Fsp3) is 0.214. The summed E-state index contributed by atoms with van der Waals surface area (Å²) in [6, 6.07) is 16.6. The molecular formula is C28H24ClFN2O5. The number of nitrogens with zero attached hydrogens (tertiary/aromatic N) is 2. The van der Waals surface area contributed by atoms with Crippen molar-refractivity contribution in [3.05, 3.63) is 88.3 Å². The van der Waals surface area contributed by atoms with Gasteiger partial charge in [0, 0.05) is 29.2 Å². The van der Waals surface area contributed by atoms with E-state index in [4.69, 9.17) is 21.1 Å². The summed E-state index contributed by atoms with van der Waals surface area (Å²) in [5, 5.41) is 10.3. The number of para-hydroxylation sites is 2. The molecule has 0 radical (unpaired) electrons. The van der Waals surface area contributed by atoms with Crippen molar-refractivity contribution in [2.24, 2.45) is 0 Å². The number of halogens is 2. The summed E-state index contributed by atoms with van der Waals surface area (Å²) in [6.07, 6.45) is -0.543. The van der Waals surface area contributed by atoms with Gasteiger partial charge in [-0.25, -0.2) is 4.39 Å². The van der Waals surface area contributed by atoms with Crippen molar-refractivity contribution in [2.75, 3.05) is 25.1 Å². The Balaban J connectivity index is 1.37. The zero-order chi connectivity index (χ0) is 26.3. The number of aromatic nitrogens is 1. The third kappa shape index (κ3) is 4.72. The average molecular weight is 523 g/mol. The van der Waals surface area contributed by atoms with Crippen molar-refractivity contribution in [3.8, 4) is 11.5 Å². The van der Waals surface area contributed by atoms with E-state index < -0.39 is 17.7 Å². The number of likely N-dealkylation sites (N-methyl/N-ethyl adjacent to an activating group) is 1. The number of rotatable bonds is 6. The zero-order valence-corrected chi connectivity index (χ0v) is 21.0. The van der Waals surface area contributed by atoms with E-state index in [1.54, 1.807) is 25.1 Å². The molecule has 190 valence electrons. The van der Waals surface area contributed by atoms with Gasteiger partial charge >= 0.3 is 5.97 Å². The monoisotopic (exact) mass is 522 g/mol. The highest BCUT2D eigenvalue weighted by Gasteiger charge is 2.25. The first-order chi connectivity index (χ1) is 17.7. The van der Waals surface area contributed by atoms with Crippen molar-refractivity contribution >= 4 is 40.1 Å². The van der Waals surface area contributed by atoms with Gasteiger partial charge in [-0.1, -0.05) is 23.7 Å². The number of fused-ring (bicyclic) bond motifs is 2. The van der Waals surface area contributed by atoms with Crippen LogP contribution >= 0.6 is 11.6 Å². The second kappa shape index (κ2) is 9.78. The van der Waals surface area contributed by atoms with Gasteiger partial charge in [0.15, 0.2) is 0 Å². The van der Waals surface area contributed by atoms with Crippen molar-refractivity contribution in [2.45, 2.75) is 19.4 Å². The third-order valence-electron chi connectivity index (χ3n) is 6.48. The molecule has 0 unspecified atom stereocenters. The van der Waals surface area contributed by atoms with Crippen LogP contribution in [-0.4, -0.2) is 47.9 Å². The van der Waals surface area contributed by atoms with Crippen LogP contribution in [0.4, 0.5) is 10.1 Å². The van der Waals surface area contributed by atoms with Gasteiger partial charge in [0.25, 0.3) is 5.91 Å².